The van der Waals surface area contributed by atoms with Crippen molar-refractivity contribution in [2.45, 2.75) is 13.3 Å². The smallest absolute Gasteiger partial charge is 0.169 e. The van der Waals surface area contributed by atoms with Crippen LogP contribution in [0.1, 0.15) is 23.7 Å². The van der Waals surface area contributed by atoms with Crippen molar-refractivity contribution in [3.05, 3.63) is 33.8 Å². The average molecular weight is 247 g/mol. The normalized spacial score (nSPS) is 12.5. The molecule has 82 valence electrons. The van der Waals surface area contributed by atoms with Gasteiger partial charge in [-0.15, -0.1) is 0 Å². The Hall–Kier alpha value is -0.570. The van der Waals surface area contributed by atoms with Gasteiger partial charge in [-0.05, 0) is 24.6 Å². The van der Waals surface area contributed by atoms with Gasteiger partial charge in [0.25, 0.3) is 0 Å². The van der Waals surface area contributed by atoms with Crippen LogP contribution in [0.15, 0.2) is 18.2 Å². The molecule has 0 aliphatic carbocycles. The third-order valence-corrected chi connectivity index (χ3v) is 2.83. The highest BCUT2D eigenvalue weighted by Crippen LogP contribution is 2.24. The van der Waals surface area contributed by atoms with Gasteiger partial charge >= 0.3 is 0 Å². The number of aliphatic hydroxyl groups is 1. The number of rotatable bonds is 4. The van der Waals surface area contributed by atoms with Crippen LogP contribution in [0.3, 0.4) is 0 Å². The molecule has 0 saturated carbocycles. The van der Waals surface area contributed by atoms with Crippen LogP contribution in [0.4, 0.5) is 0 Å². The number of carbonyl (C=O) groups excluding carboxylic acids is 1. The maximum atomic E-state index is 11.9. The summed E-state index contributed by atoms with van der Waals surface area (Å²) in [6.45, 7) is 1.69. The first-order valence-corrected chi connectivity index (χ1v) is 5.45. The molecule has 0 aromatic heterocycles. The summed E-state index contributed by atoms with van der Waals surface area (Å²) < 4.78 is 0. The van der Waals surface area contributed by atoms with Crippen LogP contribution in [0.2, 0.25) is 10.0 Å². The van der Waals surface area contributed by atoms with E-state index >= 15 is 0 Å². The Morgan fingerprint density at radius 2 is 2.13 bits per heavy atom. The van der Waals surface area contributed by atoms with Crippen LogP contribution >= 0.6 is 23.2 Å². The van der Waals surface area contributed by atoms with Gasteiger partial charge in [-0.1, -0.05) is 30.1 Å². The standard InChI is InChI=1S/C11H12Cl2O2/c1-2-7(6-14)11(15)9-4-3-8(12)5-10(9)13/h3-5,7,14H,2,6H2,1H3. The highest BCUT2D eigenvalue weighted by Gasteiger charge is 2.19. The van der Waals surface area contributed by atoms with Crippen molar-refractivity contribution in [2.75, 3.05) is 6.61 Å². The van der Waals surface area contributed by atoms with Crippen molar-refractivity contribution in [1.29, 1.82) is 0 Å². The van der Waals surface area contributed by atoms with E-state index < -0.39 is 0 Å². The van der Waals surface area contributed by atoms with Crippen LogP contribution in [0.25, 0.3) is 0 Å². The number of aliphatic hydroxyl groups excluding tert-OH is 1. The van der Waals surface area contributed by atoms with Crippen molar-refractivity contribution in [1.82, 2.24) is 0 Å². The number of Topliss-reactive ketones (excluding diaryl/α,β-unsaturated/α-hetero) is 1. The Balaban J connectivity index is 3.00. The zero-order valence-corrected chi connectivity index (χ0v) is 9.85. The Labute approximate surface area is 98.8 Å². The first-order valence-electron chi connectivity index (χ1n) is 4.70. The summed E-state index contributed by atoms with van der Waals surface area (Å²) in [4.78, 5) is 11.9. The molecule has 0 aliphatic heterocycles. The molecule has 0 radical (unpaired) electrons. The summed E-state index contributed by atoms with van der Waals surface area (Å²) in [5.41, 5.74) is 0.418. The van der Waals surface area contributed by atoms with E-state index in [0.717, 1.165) is 0 Å². The summed E-state index contributed by atoms with van der Waals surface area (Å²) in [6.07, 6.45) is 0.592. The van der Waals surface area contributed by atoms with Gasteiger partial charge < -0.3 is 5.11 Å². The number of halogens is 2. The fourth-order valence-electron chi connectivity index (χ4n) is 1.31. The molecule has 15 heavy (non-hydrogen) atoms. The van der Waals surface area contributed by atoms with Gasteiger partial charge in [0, 0.05) is 16.5 Å². The van der Waals surface area contributed by atoms with Crippen LogP contribution < -0.4 is 0 Å². The van der Waals surface area contributed by atoms with E-state index in [1.807, 2.05) is 6.92 Å². The molecule has 0 amide bonds. The van der Waals surface area contributed by atoms with Crippen molar-refractivity contribution in [2.24, 2.45) is 5.92 Å². The summed E-state index contributed by atoms with van der Waals surface area (Å²) in [5.74, 6) is -0.523. The molecule has 2 nitrogen and oxygen atoms in total. The lowest BCUT2D eigenvalue weighted by Crippen LogP contribution is -2.18. The molecule has 1 N–H and O–H groups in total. The Morgan fingerprint density at radius 3 is 2.60 bits per heavy atom. The Bertz CT molecular complexity index is 360. The minimum absolute atomic E-state index is 0.137. The first-order chi connectivity index (χ1) is 7.10. The van der Waals surface area contributed by atoms with Gasteiger partial charge in [-0.25, -0.2) is 0 Å². The summed E-state index contributed by atoms with van der Waals surface area (Å²) in [5, 5.41) is 9.84. The van der Waals surface area contributed by atoms with Gasteiger partial charge in [0.1, 0.15) is 0 Å². The van der Waals surface area contributed by atoms with E-state index in [1.165, 1.54) is 6.07 Å². The highest BCUT2D eigenvalue weighted by atomic mass is 35.5. The molecule has 0 saturated heterocycles. The van der Waals surface area contributed by atoms with Crippen LogP contribution in [-0.2, 0) is 0 Å². The lowest BCUT2D eigenvalue weighted by molar-refractivity contribution is 0.0856. The molecule has 4 heteroatoms. The van der Waals surface area contributed by atoms with Gasteiger partial charge in [-0.2, -0.15) is 0 Å². The van der Waals surface area contributed by atoms with E-state index in [2.05, 4.69) is 0 Å². The largest absolute Gasteiger partial charge is 0.396 e. The maximum absolute atomic E-state index is 11.9. The van der Waals surface area contributed by atoms with Crippen molar-refractivity contribution < 1.29 is 9.90 Å². The fraction of sp³-hybridized carbons (Fsp3) is 0.364. The number of hydrogen-bond donors (Lipinski definition) is 1. The molecular formula is C11H12Cl2O2. The van der Waals surface area contributed by atoms with Crippen LogP contribution in [0.5, 0.6) is 0 Å². The molecule has 0 fully saturated rings. The summed E-state index contributed by atoms with van der Waals surface area (Å²) >= 11 is 11.6. The molecular weight excluding hydrogens is 235 g/mol. The number of hydrogen-bond acceptors (Lipinski definition) is 2. The maximum Gasteiger partial charge on any atom is 0.169 e. The van der Waals surface area contributed by atoms with Gasteiger partial charge in [0.05, 0.1) is 11.6 Å². The minimum atomic E-state index is -0.385. The number of ketones is 1. The van der Waals surface area contributed by atoms with E-state index in [9.17, 15) is 4.79 Å². The highest BCUT2D eigenvalue weighted by molar-refractivity contribution is 6.36. The second-order valence-corrected chi connectivity index (χ2v) is 4.12. The van der Waals surface area contributed by atoms with Gasteiger partial charge in [0.2, 0.25) is 0 Å². The molecule has 0 aliphatic rings. The summed E-state index contributed by atoms with van der Waals surface area (Å²) in [7, 11) is 0. The van der Waals surface area contributed by atoms with Crippen molar-refractivity contribution >= 4 is 29.0 Å². The predicted molar refractivity (Wildman–Crippen MR) is 61.7 cm³/mol. The Morgan fingerprint density at radius 1 is 1.47 bits per heavy atom. The van der Waals surface area contributed by atoms with E-state index in [-0.39, 0.29) is 18.3 Å². The van der Waals surface area contributed by atoms with Crippen LogP contribution in [-0.4, -0.2) is 17.5 Å². The number of carbonyl (C=O) groups is 1. The molecule has 1 unspecified atom stereocenters. The van der Waals surface area contributed by atoms with Gasteiger partial charge in [0.15, 0.2) is 5.78 Å². The molecule has 0 heterocycles. The average Bonchev–Trinajstić information content (AvgIpc) is 2.19. The molecule has 1 aromatic rings. The first kappa shape index (κ1) is 12.5. The monoisotopic (exact) mass is 246 g/mol. The zero-order chi connectivity index (χ0) is 11.4. The summed E-state index contributed by atoms with van der Waals surface area (Å²) in [6, 6.07) is 4.73. The molecule has 0 spiro atoms. The molecule has 1 rings (SSSR count). The third kappa shape index (κ3) is 2.94. The molecule has 0 bridgehead atoms. The van der Waals surface area contributed by atoms with Gasteiger partial charge in [-0.3, -0.25) is 4.79 Å². The second kappa shape index (κ2) is 5.50. The minimum Gasteiger partial charge on any atom is -0.396 e. The van der Waals surface area contributed by atoms with Crippen molar-refractivity contribution in [3.8, 4) is 0 Å². The lowest BCUT2D eigenvalue weighted by atomic mass is 9.96. The molecule has 1 atom stereocenters. The fourth-order valence-corrected chi connectivity index (χ4v) is 1.81. The van der Waals surface area contributed by atoms with Crippen molar-refractivity contribution in [3.63, 3.8) is 0 Å². The SMILES string of the molecule is CCC(CO)C(=O)c1ccc(Cl)cc1Cl. The predicted octanol–water partition coefficient (Wildman–Crippen LogP) is 3.19. The number of benzene rings is 1. The molecule has 1 aromatic carbocycles. The van der Waals surface area contributed by atoms with Crippen LogP contribution in [0, 0.1) is 5.92 Å². The van der Waals surface area contributed by atoms with E-state index in [0.29, 0.717) is 22.0 Å². The van der Waals surface area contributed by atoms with E-state index in [4.69, 9.17) is 28.3 Å². The van der Waals surface area contributed by atoms with E-state index in [1.54, 1.807) is 12.1 Å². The third-order valence-electron chi connectivity index (χ3n) is 2.28. The quantitative estimate of drug-likeness (QED) is 0.829. The lowest BCUT2D eigenvalue weighted by Gasteiger charge is -2.11. The second-order valence-electron chi connectivity index (χ2n) is 3.28. The topological polar surface area (TPSA) is 37.3 Å². The Kier molecular flexibility index (Phi) is 4.58. The zero-order valence-electron chi connectivity index (χ0n) is 8.34.